The van der Waals surface area contributed by atoms with Gasteiger partial charge in [-0.2, -0.15) is 0 Å². The number of nitrogens with one attached hydrogen (secondary N) is 2. The second kappa shape index (κ2) is 10.2. The summed E-state index contributed by atoms with van der Waals surface area (Å²) in [4.78, 5) is 26.1. The smallest absolute Gasteiger partial charge is 0.340 e. The lowest BCUT2D eigenvalue weighted by Crippen LogP contribution is -2.28. The highest BCUT2D eigenvalue weighted by atomic mass is 16.5. The molecule has 0 aliphatic heterocycles. The zero-order valence-corrected chi connectivity index (χ0v) is 15.9. The van der Waals surface area contributed by atoms with Crippen LogP contribution in [0.25, 0.3) is 0 Å². The lowest BCUT2D eigenvalue weighted by molar-refractivity contribution is 0.0527. The van der Waals surface area contributed by atoms with Crippen molar-refractivity contribution in [3.8, 4) is 0 Å². The van der Waals surface area contributed by atoms with Crippen molar-refractivity contribution < 1.29 is 14.3 Å². The Morgan fingerprint density at radius 1 is 1.11 bits per heavy atom. The van der Waals surface area contributed by atoms with Crippen LogP contribution >= 0.6 is 0 Å². The lowest BCUT2D eigenvalue weighted by Gasteiger charge is -2.11. The van der Waals surface area contributed by atoms with Crippen LogP contribution < -0.4 is 10.6 Å². The molecule has 8 heteroatoms. The first kappa shape index (κ1) is 20.3. The minimum Gasteiger partial charge on any atom is -0.462 e. The van der Waals surface area contributed by atoms with Gasteiger partial charge < -0.3 is 20.3 Å². The maximum Gasteiger partial charge on any atom is 0.340 e. The number of nitrogens with zero attached hydrogens (tertiary/aromatic N) is 3. The Hall–Kier alpha value is -3.00. The van der Waals surface area contributed by atoms with Crippen LogP contribution in [0.5, 0.6) is 0 Å². The van der Waals surface area contributed by atoms with Crippen molar-refractivity contribution in [3.05, 3.63) is 47.7 Å². The number of amides is 1. The Bertz CT molecular complexity index is 762. The van der Waals surface area contributed by atoms with Gasteiger partial charge in [0.2, 0.25) is 0 Å². The molecule has 1 heterocycles. The van der Waals surface area contributed by atoms with Gasteiger partial charge in [0.05, 0.1) is 17.9 Å². The fraction of sp³-hybridized carbons (Fsp3) is 0.368. The van der Waals surface area contributed by atoms with Gasteiger partial charge >= 0.3 is 5.97 Å². The predicted octanol–water partition coefficient (Wildman–Crippen LogP) is 2.08. The van der Waals surface area contributed by atoms with E-state index in [0.29, 0.717) is 30.2 Å². The summed E-state index contributed by atoms with van der Waals surface area (Å²) in [6.45, 7) is 3.52. The molecule has 0 spiro atoms. The van der Waals surface area contributed by atoms with Gasteiger partial charge in [0.25, 0.3) is 5.91 Å². The van der Waals surface area contributed by atoms with E-state index in [1.807, 2.05) is 14.1 Å². The van der Waals surface area contributed by atoms with Crippen molar-refractivity contribution in [2.75, 3.05) is 39.1 Å². The molecular formula is C19H25N5O3. The van der Waals surface area contributed by atoms with E-state index < -0.39 is 5.97 Å². The molecule has 0 fully saturated rings. The molecule has 2 N–H and O–H groups in total. The van der Waals surface area contributed by atoms with Crippen LogP contribution in [0.15, 0.2) is 36.4 Å². The Morgan fingerprint density at radius 3 is 2.56 bits per heavy atom. The van der Waals surface area contributed by atoms with E-state index >= 15 is 0 Å². The van der Waals surface area contributed by atoms with E-state index in [4.69, 9.17) is 4.74 Å². The number of para-hydroxylation sites is 1. The van der Waals surface area contributed by atoms with E-state index in [1.54, 1.807) is 43.3 Å². The fourth-order valence-electron chi connectivity index (χ4n) is 2.32. The number of rotatable bonds is 9. The van der Waals surface area contributed by atoms with Gasteiger partial charge in [-0.05, 0) is 58.3 Å². The zero-order valence-electron chi connectivity index (χ0n) is 15.9. The lowest BCUT2D eigenvalue weighted by atomic mass is 10.2. The summed E-state index contributed by atoms with van der Waals surface area (Å²) in [7, 11) is 3.97. The normalized spacial score (nSPS) is 10.5. The summed E-state index contributed by atoms with van der Waals surface area (Å²) < 4.78 is 5.05. The molecule has 1 aromatic carbocycles. The van der Waals surface area contributed by atoms with E-state index in [1.165, 1.54) is 0 Å². The Kier molecular flexibility index (Phi) is 7.69. The number of benzene rings is 1. The summed E-state index contributed by atoms with van der Waals surface area (Å²) in [6, 6.07) is 10.2. The van der Waals surface area contributed by atoms with Crippen LogP contribution in [0.1, 0.15) is 34.2 Å². The van der Waals surface area contributed by atoms with Crippen LogP contribution in [0.3, 0.4) is 0 Å². The van der Waals surface area contributed by atoms with Crippen molar-refractivity contribution in [2.45, 2.75) is 13.3 Å². The minimum absolute atomic E-state index is 0.240. The monoisotopic (exact) mass is 371 g/mol. The van der Waals surface area contributed by atoms with Crippen LogP contribution in [-0.2, 0) is 4.74 Å². The van der Waals surface area contributed by atoms with Gasteiger partial charge in [-0.1, -0.05) is 12.1 Å². The molecule has 1 aromatic heterocycles. The summed E-state index contributed by atoms with van der Waals surface area (Å²) in [6.07, 6.45) is 0.858. The first-order valence-corrected chi connectivity index (χ1v) is 8.81. The maximum absolute atomic E-state index is 12.1. The van der Waals surface area contributed by atoms with Crippen LogP contribution in [-0.4, -0.2) is 60.8 Å². The number of esters is 1. The van der Waals surface area contributed by atoms with Crippen LogP contribution in [0, 0.1) is 0 Å². The SMILES string of the molecule is CCOC(=O)c1ccccc1Nc1ccc(C(=O)NCCCN(C)C)nn1. The molecule has 0 saturated carbocycles. The molecule has 144 valence electrons. The summed E-state index contributed by atoms with van der Waals surface area (Å²) in [5.41, 5.74) is 1.21. The molecular weight excluding hydrogens is 346 g/mol. The summed E-state index contributed by atoms with van der Waals surface area (Å²) in [5.74, 6) is -0.252. The molecule has 27 heavy (non-hydrogen) atoms. The van der Waals surface area contributed by atoms with Crippen LogP contribution in [0.4, 0.5) is 11.5 Å². The highest BCUT2D eigenvalue weighted by Gasteiger charge is 2.13. The van der Waals surface area contributed by atoms with E-state index in [-0.39, 0.29) is 11.6 Å². The van der Waals surface area contributed by atoms with Crippen molar-refractivity contribution in [1.82, 2.24) is 20.4 Å². The standard InChI is InChI=1S/C19H25N5O3/c1-4-27-19(26)14-8-5-6-9-15(14)21-17-11-10-16(22-23-17)18(25)20-12-7-13-24(2)3/h5-6,8-11H,4,7,12-13H2,1-3H3,(H,20,25)(H,21,23). The van der Waals surface area contributed by atoms with Gasteiger partial charge in [-0.25, -0.2) is 4.79 Å². The quantitative estimate of drug-likeness (QED) is 0.514. The molecule has 0 aliphatic rings. The third-order valence-electron chi connectivity index (χ3n) is 3.65. The molecule has 0 radical (unpaired) electrons. The number of anilines is 2. The molecule has 0 bridgehead atoms. The van der Waals surface area contributed by atoms with E-state index in [9.17, 15) is 9.59 Å². The number of hydrogen-bond acceptors (Lipinski definition) is 7. The molecule has 1 amide bonds. The largest absolute Gasteiger partial charge is 0.462 e. The number of aromatic nitrogens is 2. The average Bonchev–Trinajstić information content (AvgIpc) is 2.66. The number of ether oxygens (including phenoxy) is 1. The van der Waals surface area contributed by atoms with Crippen molar-refractivity contribution >= 4 is 23.4 Å². The number of hydrogen-bond donors (Lipinski definition) is 2. The summed E-state index contributed by atoms with van der Waals surface area (Å²) in [5, 5.41) is 13.8. The third-order valence-corrected chi connectivity index (χ3v) is 3.65. The van der Waals surface area contributed by atoms with Crippen molar-refractivity contribution in [2.24, 2.45) is 0 Å². The molecule has 8 nitrogen and oxygen atoms in total. The van der Waals surface area contributed by atoms with Crippen molar-refractivity contribution in [3.63, 3.8) is 0 Å². The predicted molar refractivity (Wildman–Crippen MR) is 103 cm³/mol. The first-order valence-electron chi connectivity index (χ1n) is 8.81. The average molecular weight is 371 g/mol. The topological polar surface area (TPSA) is 96.4 Å². The number of carbonyl (C=O) groups excluding carboxylic acids is 2. The zero-order chi connectivity index (χ0) is 19.6. The molecule has 2 aromatic rings. The third kappa shape index (κ3) is 6.34. The Labute approximate surface area is 158 Å². The summed E-state index contributed by atoms with van der Waals surface area (Å²) >= 11 is 0. The highest BCUT2D eigenvalue weighted by Crippen LogP contribution is 2.20. The second-order valence-electron chi connectivity index (χ2n) is 6.11. The second-order valence-corrected chi connectivity index (χ2v) is 6.11. The Balaban J connectivity index is 1.98. The molecule has 0 aliphatic carbocycles. The van der Waals surface area contributed by atoms with Gasteiger partial charge in [0.1, 0.15) is 0 Å². The van der Waals surface area contributed by atoms with E-state index in [0.717, 1.165) is 13.0 Å². The van der Waals surface area contributed by atoms with E-state index in [2.05, 4.69) is 25.7 Å². The first-order chi connectivity index (χ1) is 13.0. The molecule has 2 rings (SSSR count). The van der Waals surface area contributed by atoms with Gasteiger partial charge in [-0.3, -0.25) is 4.79 Å². The Morgan fingerprint density at radius 2 is 1.89 bits per heavy atom. The maximum atomic E-state index is 12.1. The van der Waals surface area contributed by atoms with Crippen molar-refractivity contribution in [1.29, 1.82) is 0 Å². The van der Waals surface area contributed by atoms with Gasteiger partial charge in [0.15, 0.2) is 11.5 Å². The number of carbonyl (C=O) groups is 2. The molecule has 0 unspecified atom stereocenters. The molecule has 0 saturated heterocycles. The highest BCUT2D eigenvalue weighted by molar-refractivity contribution is 5.96. The van der Waals surface area contributed by atoms with Gasteiger partial charge in [-0.15, -0.1) is 10.2 Å². The minimum atomic E-state index is -0.415. The van der Waals surface area contributed by atoms with Crippen LogP contribution in [0.2, 0.25) is 0 Å². The fourth-order valence-corrected chi connectivity index (χ4v) is 2.32. The van der Waals surface area contributed by atoms with Gasteiger partial charge in [0, 0.05) is 6.54 Å². The molecule has 0 atom stereocenters.